The first-order chi connectivity index (χ1) is 9.19. The van der Waals surface area contributed by atoms with Crippen LogP contribution in [-0.4, -0.2) is 32.3 Å². The van der Waals surface area contributed by atoms with Crippen molar-refractivity contribution in [2.45, 2.75) is 25.0 Å². The van der Waals surface area contributed by atoms with E-state index in [9.17, 15) is 0 Å². The molecule has 0 saturated carbocycles. The molecule has 5 heteroatoms. The van der Waals surface area contributed by atoms with Crippen LogP contribution in [0.2, 0.25) is 5.02 Å². The Balaban J connectivity index is 2.21. The topological polar surface area (TPSA) is 62.3 Å². The Morgan fingerprint density at radius 2 is 2.37 bits per heavy atom. The van der Waals surface area contributed by atoms with Gasteiger partial charge in [-0.1, -0.05) is 11.6 Å². The van der Waals surface area contributed by atoms with E-state index in [1.807, 2.05) is 12.1 Å². The highest BCUT2D eigenvalue weighted by Crippen LogP contribution is 2.29. The van der Waals surface area contributed by atoms with Gasteiger partial charge in [0.2, 0.25) is 0 Å². The summed E-state index contributed by atoms with van der Waals surface area (Å²) in [4.78, 5) is 2.25. The van der Waals surface area contributed by atoms with Gasteiger partial charge in [-0.05, 0) is 31.0 Å². The Hall–Kier alpha value is -1.28. The lowest BCUT2D eigenvalue weighted by Crippen LogP contribution is -2.48. The largest absolute Gasteiger partial charge is 0.381 e. The van der Waals surface area contributed by atoms with E-state index in [1.165, 1.54) is 0 Å². The van der Waals surface area contributed by atoms with Crippen LogP contribution >= 0.6 is 11.6 Å². The highest BCUT2D eigenvalue weighted by molar-refractivity contribution is 6.32. The summed E-state index contributed by atoms with van der Waals surface area (Å²) >= 11 is 6.09. The van der Waals surface area contributed by atoms with Gasteiger partial charge in [0.05, 0.1) is 16.7 Å². The zero-order valence-corrected chi connectivity index (χ0v) is 11.7. The number of nitrogens with zero attached hydrogens (tertiary/aromatic N) is 2. The summed E-state index contributed by atoms with van der Waals surface area (Å²) in [6.07, 6.45) is 2.17. The van der Waals surface area contributed by atoms with Crippen LogP contribution in [0.5, 0.6) is 0 Å². The number of halogens is 1. The molecular weight excluding hydrogens is 262 g/mol. The molecule has 4 nitrogen and oxygen atoms in total. The minimum absolute atomic E-state index is 0.253. The highest BCUT2D eigenvalue weighted by Gasteiger charge is 2.27. The maximum absolute atomic E-state index is 8.90. The van der Waals surface area contributed by atoms with E-state index in [2.05, 4.69) is 11.0 Å². The lowest BCUT2D eigenvalue weighted by molar-refractivity contribution is 0.0709. The van der Waals surface area contributed by atoms with Crippen LogP contribution in [0.25, 0.3) is 0 Å². The van der Waals surface area contributed by atoms with Crippen molar-refractivity contribution in [2.24, 2.45) is 5.73 Å². The second-order valence-corrected chi connectivity index (χ2v) is 5.15. The summed E-state index contributed by atoms with van der Waals surface area (Å²) in [6, 6.07) is 7.86. The first kappa shape index (κ1) is 14.1. The summed E-state index contributed by atoms with van der Waals surface area (Å²) in [5.41, 5.74) is 7.38. The number of anilines is 1. The molecule has 19 heavy (non-hydrogen) atoms. The van der Waals surface area contributed by atoms with Crippen molar-refractivity contribution in [3.8, 4) is 6.07 Å². The molecule has 0 bridgehead atoms. The third-order valence-corrected chi connectivity index (χ3v) is 3.99. The number of methoxy groups -OCH3 is 1. The Bertz CT molecular complexity index is 486. The van der Waals surface area contributed by atoms with Gasteiger partial charge in [0.25, 0.3) is 0 Å². The van der Waals surface area contributed by atoms with Crippen LogP contribution in [0, 0.1) is 11.3 Å². The third kappa shape index (κ3) is 3.01. The average Bonchev–Trinajstić information content (AvgIpc) is 2.46. The zero-order chi connectivity index (χ0) is 13.8. The van der Waals surface area contributed by atoms with Crippen molar-refractivity contribution in [2.75, 3.05) is 25.1 Å². The number of nitriles is 1. The molecule has 1 aromatic rings. The Kier molecular flexibility index (Phi) is 4.65. The molecular formula is C14H18ClN3O. The average molecular weight is 280 g/mol. The monoisotopic (exact) mass is 279 g/mol. The van der Waals surface area contributed by atoms with Crippen molar-refractivity contribution >= 4 is 17.3 Å². The number of hydrogen-bond acceptors (Lipinski definition) is 4. The van der Waals surface area contributed by atoms with E-state index in [0.29, 0.717) is 17.1 Å². The van der Waals surface area contributed by atoms with E-state index in [0.717, 1.165) is 25.1 Å². The van der Waals surface area contributed by atoms with Crippen molar-refractivity contribution in [3.05, 3.63) is 28.8 Å². The van der Waals surface area contributed by atoms with Crippen molar-refractivity contribution in [1.82, 2.24) is 0 Å². The van der Waals surface area contributed by atoms with Gasteiger partial charge in [-0.2, -0.15) is 5.26 Å². The lowest BCUT2D eigenvalue weighted by atomic mass is 9.98. The lowest BCUT2D eigenvalue weighted by Gasteiger charge is -2.40. The zero-order valence-electron chi connectivity index (χ0n) is 11.0. The van der Waals surface area contributed by atoms with Crippen LogP contribution in [-0.2, 0) is 4.74 Å². The van der Waals surface area contributed by atoms with Gasteiger partial charge in [-0.15, -0.1) is 0 Å². The molecule has 1 saturated heterocycles. The first-order valence-electron chi connectivity index (χ1n) is 6.38. The van der Waals surface area contributed by atoms with Gasteiger partial charge in [0, 0.05) is 31.9 Å². The smallest absolute Gasteiger partial charge is 0.101 e. The van der Waals surface area contributed by atoms with Gasteiger partial charge >= 0.3 is 0 Å². The minimum atomic E-state index is 0.253. The van der Waals surface area contributed by atoms with Crippen LogP contribution in [0.1, 0.15) is 18.4 Å². The van der Waals surface area contributed by atoms with Crippen molar-refractivity contribution < 1.29 is 4.74 Å². The molecule has 0 aromatic heterocycles. The second kappa shape index (κ2) is 6.25. The predicted molar refractivity (Wildman–Crippen MR) is 76.4 cm³/mol. The molecule has 1 heterocycles. The Morgan fingerprint density at radius 1 is 1.58 bits per heavy atom. The first-order valence-corrected chi connectivity index (χ1v) is 6.76. The predicted octanol–water partition coefficient (Wildman–Crippen LogP) is 2.15. The molecule has 2 N–H and O–H groups in total. The number of rotatable bonds is 3. The summed E-state index contributed by atoms with van der Waals surface area (Å²) in [6.45, 7) is 1.47. The SMILES string of the molecule is COC1CCN(c2ccc(C#N)c(Cl)c2)C(CN)C1. The standard InChI is InChI=1S/C14H18ClN3O/c1-19-13-4-5-18(12(6-13)9-17)11-3-2-10(8-16)14(15)7-11/h2-3,7,12-13H,4-6,9,17H2,1H3. The number of hydrogen-bond donors (Lipinski definition) is 1. The molecule has 1 fully saturated rings. The molecule has 1 aromatic carbocycles. The maximum atomic E-state index is 8.90. The van der Waals surface area contributed by atoms with Gasteiger partial charge in [0.15, 0.2) is 0 Å². The van der Waals surface area contributed by atoms with Crippen molar-refractivity contribution in [1.29, 1.82) is 5.26 Å². The Morgan fingerprint density at radius 3 is 2.95 bits per heavy atom. The third-order valence-electron chi connectivity index (χ3n) is 3.68. The fourth-order valence-electron chi connectivity index (χ4n) is 2.57. The second-order valence-electron chi connectivity index (χ2n) is 4.74. The quantitative estimate of drug-likeness (QED) is 0.921. The van der Waals surface area contributed by atoms with Crippen LogP contribution in [0.4, 0.5) is 5.69 Å². The molecule has 2 atom stereocenters. The fourth-order valence-corrected chi connectivity index (χ4v) is 2.78. The van der Waals surface area contributed by atoms with E-state index in [4.69, 9.17) is 27.3 Å². The maximum Gasteiger partial charge on any atom is 0.101 e. The molecule has 102 valence electrons. The summed E-state index contributed by atoms with van der Waals surface area (Å²) in [7, 11) is 1.74. The molecule has 2 unspecified atom stereocenters. The van der Waals surface area contributed by atoms with Gasteiger partial charge in [-0.3, -0.25) is 0 Å². The number of piperidine rings is 1. The van der Waals surface area contributed by atoms with Gasteiger partial charge in [-0.25, -0.2) is 0 Å². The number of benzene rings is 1. The van der Waals surface area contributed by atoms with E-state index in [1.54, 1.807) is 13.2 Å². The molecule has 2 rings (SSSR count). The molecule has 0 radical (unpaired) electrons. The Labute approximate surface area is 118 Å². The number of nitrogens with two attached hydrogens (primary N) is 1. The van der Waals surface area contributed by atoms with Gasteiger partial charge < -0.3 is 15.4 Å². The van der Waals surface area contributed by atoms with Crippen LogP contribution in [0.3, 0.4) is 0 Å². The molecule has 0 aliphatic carbocycles. The van der Waals surface area contributed by atoms with E-state index < -0.39 is 0 Å². The summed E-state index contributed by atoms with van der Waals surface area (Å²) in [5, 5.41) is 9.39. The fraction of sp³-hybridized carbons (Fsp3) is 0.500. The summed E-state index contributed by atoms with van der Waals surface area (Å²) < 4.78 is 5.42. The molecule has 1 aliphatic heterocycles. The van der Waals surface area contributed by atoms with Crippen molar-refractivity contribution in [3.63, 3.8) is 0 Å². The summed E-state index contributed by atoms with van der Waals surface area (Å²) in [5.74, 6) is 0. The molecule has 1 aliphatic rings. The minimum Gasteiger partial charge on any atom is -0.381 e. The van der Waals surface area contributed by atoms with E-state index in [-0.39, 0.29) is 12.1 Å². The van der Waals surface area contributed by atoms with Crippen LogP contribution < -0.4 is 10.6 Å². The number of ether oxygens (including phenoxy) is 1. The normalized spacial score (nSPS) is 23.2. The molecule has 0 amide bonds. The van der Waals surface area contributed by atoms with E-state index >= 15 is 0 Å². The molecule has 0 spiro atoms. The van der Waals surface area contributed by atoms with Crippen LogP contribution in [0.15, 0.2) is 18.2 Å². The highest BCUT2D eigenvalue weighted by atomic mass is 35.5. The van der Waals surface area contributed by atoms with Gasteiger partial charge in [0.1, 0.15) is 6.07 Å².